The second-order valence-electron chi connectivity index (χ2n) is 6.69. The van der Waals surface area contributed by atoms with Gasteiger partial charge < -0.3 is 8.98 Å². The van der Waals surface area contributed by atoms with E-state index in [0.717, 1.165) is 28.2 Å². The molecule has 0 radical (unpaired) electrons. The molecule has 0 atom stereocenters. The molecule has 112 valence electrons. The summed E-state index contributed by atoms with van der Waals surface area (Å²) in [7, 11) is 2.05. The van der Waals surface area contributed by atoms with E-state index in [2.05, 4.69) is 14.8 Å². The van der Waals surface area contributed by atoms with E-state index in [9.17, 15) is 0 Å². The molecule has 0 amide bonds. The van der Waals surface area contributed by atoms with Crippen molar-refractivity contribution in [3.8, 4) is 11.4 Å². The Morgan fingerprint density at radius 1 is 1.38 bits per heavy atom. The van der Waals surface area contributed by atoms with E-state index in [0.29, 0.717) is 5.41 Å². The molecule has 0 aliphatic heterocycles. The van der Waals surface area contributed by atoms with Gasteiger partial charge >= 0.3 is 0 Å². The van der Waals surface area contributed by atoms with Gasteiger partial charge in [0, 0.05) is 12.8 Å². The summed E-state index contributed by atoms with van der Waals surface area (Å²) in [5.74, 6) is 4.00. The molecule has 2 aliphatic carbocycles. The van der Waals surface area contributed by atoms with Crippen molar-refractivity contribution >= 4 is 11.8 Å². The number of rotatable bonds is 4. The van der Waals surface area contributed by atoms with Gasteiger partial charge in [-0.15, -0.1) is 10.2 Å². The zero-order valence-electron chi connectivity index (χ0n) is 12.6. The SMILES string of the molecule is Cc1occc1-c1nnc(SCC23CCC(CC2)C3)n1C. The first kappa shape index (κ1) is 13.4. The highest BCUT2D eigenvalue weighted by Gasteiger charge is 2.44. The average molecular weight is 303 g/mol. The minimum Gasteiger partial charge on any atom is -0.469 e. The maximum absolute atomic E-state index is 5.38. The minimum atomic E-state index is 0.590. The highest BCUT2D eigenvalue weighted by Crippen LogP contribution is 2.55. The van der Waals surface area contributed by atoms with E-state index in [4.69, 9.17) is 4.42 Å². The van der Waals surface area contributed by atoms with Gasteiger partial charge in [0.15, 0.2) is 11.0 Å². The number of furan rings is 1. The summed E-state index contributed by atoms with van der Waals surface area (Å²) in [5, 5.41) is 9.77. The van der Waals surface area contributed by atoms with Crippen LogP contribution in [-0.2, 0) is 7.05 Å². The molecule has 2 bridgehead atoms. The fourth-order valence-electron chi connectivity index (χ4n) is 4.02. The molecular formula is C16H21N3OS. The molecule has 2 heterocycles. The number of thioether (sulfide) groups is 1. The molecule has 2 saturated carbocycles. The van der Waals surface area contributed by atoms with Crippen LogP contribution in [0.5, 0.6) is 0 Å². The van der Waals surface area contributed by atoms with Crippen LogP contribution in [0.25, 0.3) is 11.4 Å². The quantitative estimate of drug-likeness (QED) is 0.799. The van der Waals surface area contributed by atoms with E-state index in [1.165, 1.54) is 37.9 Å². The normalized spacial score (nSPS) is 27.6. The Balaban J connectivity index is 1.52. The Bertz CT molecular complexity index is 652. The fraction of sp³-hybridized carbons (Fsp3) is 0.625. The van der Waals surface area contributed by atoms with Gasteiger partial charge in [0.05, 0.1) is 11.8 Å². The molecule has 4 rings (SSSR count). The van der Waals surface area contributed by atoms with Crippen molar-refractivity contribution in [1.82, 2.24) is 14.8 Å². The third-order valence-corrected chi connectivity index (χ3v) is 6.70. The first-order valence-corrected chi connectivity index (χ1v) is 8.72. The maximum Gasteiger partial charge on any atom is 0.191 e. The molecule has 0 spiro atoms. The van der Waals surface area contributed by atoms with Crippen LogP contribution in [-0.4, -0.2) is 20.5 Å². The first-order chi connectivity index (χ1) is 10.2. The van der Waals surface area contributed by atoms with E-state index in [1.54, 1.807) is 6.26 Å². The summed E-state index contributed by atoms with van der Waals surface area (Å²) in [6.45, 7) is 1.97. The lowest BCUT2D eigenvalue weighted by molar-refractivity contribution is 0.340. The lowest BCUT2D eigenvalue weighted by Crippen LogP contribution is -2.17. The van der Waals surface area contributed by atoms with Crippen molar-refractivity contribution < 1.29 is 4.42 Å². The Morgan fingerprint density at radius 2 is 2.19 bits per heavy atom. The van der Waals surface area contributed by atoms with Crippen LogP contribution < -0.4 is 0 Å². The lowest BCUT2D eigenvalue weighted by atomic mass is 9.87. The van der Waals surface area contributed by atoms with Gasteiger partial charge in [-0.3, -0.25) is 0 Å². The molecule has 2 aromatic rings. The summed E-state index contributed by atoms with van der Waals surface area (Å²) < 4.78 is 7.47. The van der Waals surface area contributed by atoms with E-state index >= 15 is 0 Å². The number of hydrogen-bond donors (Lipinski definition) is 0. The molecule has 0 N–H and O–H groups in total. The first-order valence-electron chi connectivity index (χ1n) is 7.74. The van der Waals surface area contributed by atoms with Crippen LogP contribution in [0.2, 0.25) is 0 Å². The van der Waals surface area contributed by atoms with Crippen molar-refractivity contribution in [2.24, 2.45) is 18.4 Å². The minimum absolute atomic E-state index is 0.590. The number of hydrogen-bond acceptors (Lipinski definition) is 4. The van der Waals surface area contributed by atoms with Gasteiger partial charge in [-0.1, -0.05) is 11.8 Å². The van der Waals surface area contributed by atoms with Crippen molar-refractivity contribution in [3.05, 3.63) is 18.1 Å². The Hall–Kier alpha value is -1.23. The summed E-state index contributed by atoms with van der Waals surface area (Å²) >= 11 is 1.88. The molecule has 0 aromatic carbocycles. The van der Waals surface area contributed by atoms with Crippen molar-refractivity contribution in [1.29, 1.82) is 0 Å². The number of aryl methyl sites for hydroxylation is 1. The van der Waals surface area contributed by atoms with E-state index < -0.39 is 0 Å². The van der Waals surface area contributed by atoms with E-state index in [-0.39, 0.29) is 0 Å². The van der Waals surface area contributed by atoms with Crippen LogP contribution in [0.15, 0.2) is 21.9 Å². The number of nitrogens with zero attached hydrogens (tertiary/aromatic N) is 3. The predicted octanol–water partition coefficient (Wildman–Crippen LogP) is 4.06. The van der Waals surface area contributed by atoms with Gasteiger partial charge in [0.2, 0.25) is 0 Å². The number of aromatic nitrogens is 3. The summed E-state index contributed by atoms with van der Waals surface area (Å²) in [6, 6.07) is 1.96. The molecule has 0 saturated heterocycles. The highest BCUT2D eigenvalue weighted by atomic mass is 32.2. The molecule has 2 aromatic heterocycles. The van der Waals surface area contributed by atoms with Crippen LogP contribution >= 0.6 is 11.8 Å². The Kier molecular flexibility index (Phi) is 3.14. The third kappa shape index (κ3) is 2.22. The third-order valence-electron chi connectivity index (χ3n) is 5.33. The smallest absolute Gasteiger partial charge is 0.191 e. The molecule has 4 nitrogen and oxygen atoms in total. The topological polar surface area (TPSA) is 43.9 Å². The Labute approximate surface area is 129 Å². The Morgan fingerprint density at radius 3 is 2.81 bits per heavy atom. The molecule has 0 unspecified atom stereocenters. The van der Waals surface area contributed by atoms with Gasteiger partial charge in [0.25, 0.3) is 0 Å². The standard InChI is InChI=1S/C16H21N3OS/c1-11-13(5-8-20-11)14-17-18-15(19(14)2)21-10-16-6-3-12(9-16)4-7-16/h5,8,12H,3-4,6-7,9-10H2,1-2H3. The van der Waals surface area contributed by atoms with Crippen molar-refractivity contribution in [3.63, 3.8) is 0 Å². The van der Waals surface area contributed by atoms with Gasteiger partial charge in [0.1, 0.15) is 5.76 Å². The predicted molar refractivity (Wildman–Crippen MR) is 83.2 cm³/mol. The highest BCUT2D eigenvalue weighted by molar-refractivity contribution is 7.99. The van der Waals surface area contributed by atoms with Gasteiger partial charge in [-0.25, -0.2) is 0 Å². The molecule has 21 heavy (non-hydrogen) atoms. The number of fused-ring (bicyclic) bond motifs is 2. The fourth-order valence-corrected chi connectivity index (χ4v) is 5.24. The maximum atomic E-state index is 5.38. The molecular weight excluding hydrogens is 282 g/mol. The second kappa shape index (κ2) is 4.90. The van der Waals surface area contributed by atoms with Crippen LogP contribution in [0, 0.1) is 18.3 Å². The average Bonchev–Trinajstić information content (AvgIpc) is 3.22. The molecule has 2 aliphatic rings. The molecule has 2 fully saturated rings. The van der Waals surface area contributed by atoms with E-state index in [1.807, 2.05) is 31.8 Å². The summed E-state index contributed by atoms with van der Waals surface area (Å²) in [4.78, 5) is 0. The summed E-state index contributed by atoms with van der Waals surface area (Å²) in [5.41, 5.74) is 1.63. The zero-order chi connectivity index (χ0) is 14.4. The van der Waals surface area contributed by atoms with Crippen molar-refractivity contribution in [2.75, 3.05) is 5.75 Å². The molecule has 5 heteroatoms. The van der Waals surface area contributed by atoms with Crippen LogP contribution in [0.1, 0.15) is 37.9 Å². The summed E-state index contributed by atoms with van der Waals surface area (Å²) in [6.07, 6.45) is 8.86. The van der Waals surface area contributed by atoms with Crippen LogP contribution in [0.3, 0.4) is 0 Å². The van der Waals surface area contributed by atoms with Crippen molar-refractivity contribution in [2.45, 2.75) is 44.2 Å². The lowest BCUT2D eigenvalue weighted by Gasteiger charge is -2.25. The van der Waals surface area contributed by atoms with Crippen LogP contribution in [0.4, 0.5) is 0 Å². The van der Waals surface area contributed by atoms with Gasteiger partial charge in [-0.05, 0) is 56.4 Å². The second-order valence-corrected chi connectivity index (χ2v) is 7.63. The van der Waals surface area contributed by atoms with Gasteiger partial charge in [-0.2, -0.15) is 0 Å². The zero-order valence-corrected chi connectivity index (χ0v) is 13.4. The monoisotopic (exact) mass is 303 g/mol. The largest absolute Gasteiger partial charge is 0.469 e.